The number of rotatable bonds is 7. The maximum atomic E-state index is 12.9. The number of nitrogens with one attached hydrogen (secondary N) is 1. The molecule has 33 heavy (non-hydrogen) atoms. The number of carbonyl (C=O) groups is 2. The molecule has 0 fully saturated rings. The van der Waals surface area contributed by atoms with Gasteiger partial charge in [-0.1, -0.05) is 30.3 Å². The molecule has 0 saturated heterocycles. The van der Waals surface area contributed by atoms with Crippen molar-refractivity contribution in [1.29, 1.82) is 0 Å². The Morgan fingerprint density at radius 2 is 1.52 bits per heavy atom. The van der Waals surface area contributed by atoms with Crippen LogP contribution in [0.4, 0.5) is 17.1 Å². The molecule has 0 aliphatic heterocycles. The molecule has 1 heterocycles. The fourth-order valence-electron chi connectivity index (χ4n) is 3.45. The van der Waals surface area contributed by atoms with Gasteiger partial charge in [-0.3, -0.25) is 9.78 Å². The zero-order valence-corrected chi connectivity index (χ0v) is 18.4. The van der Waals surface area contributed by atoms with Crippen molar-refractivity contribution in [1.82, 2.24) is 9.97 Å². The molecule has 1 aromatic heterocycles. The van der Waals surface area contributed by atoms with Gasteiger partial charge >= 0.3 is 5.97 Å². The maximum absolute atomic E-state index is 12.9. The third kappa shape index (κ3) is 5.33. The van der Waals surface area contributed by atoms with E-state index in [0.29, 0.717) is 11.0 Å². The number of nitrogens with zero attached hydrogens (tertiary/aromatic N) is 3. The maximum Gasteiger partial charge on any atom is 0.359 e. The van der Waals surface area contributed by atoms with Gasteiger partial charge in [0.2, 0.25) is 0 Å². The summed E-state index contributed by atoms with van der Waals surface area (Å²) in [4.78, 5) is 35.4. The van der Waals surface area contributed by atoms with Gasteiger partial charge in [-0.05, 0) is 62.4 Å². The van der Waals surface area contributed by atoms with Crippen LogP contribution < -0.4 is 10.2 Å². The molecule has 1 amide bonds. The average molecular weight is 441 g/mol. The summed E-state index contributed by atoms with van der Waals surface area (Å²) < 4.78 is 5.25. The molecule has 4 aromatic rings. The Labute approximate surface area is 192 Å². The van der Waals surface area contributed by atoms with Crippen LogP contribution in [0.3, 0.4) is 0 Å². The number of carbonyl (C=O) groups excluding carboxylic acids is 2. The predicted molar refractivity (Wildman–Crippen MR) is 129 cm³/mol. The first-order valence-electron chi connectivity index (χ1n) is 10.6. The van der Waals surface area contributed by atoms with E-state index in [2.05, 4.69) is 15.3 Å². The van der Waals surface area contributed by atoms with Crippen LogP contribution in [0.2, 0.25) is 0 Å². The number of ether oxygens (including phenoxy) is 1. The highest BCUT2D eigenvalue weighted by Gasteiger charge is 2.21. The van der Waals surface area contributed by atoms with E-state index in [1.54, 1.807) is 11.0 Å². The fourth-order valence-corrected chi connectivity index (χ4v) is 3.45. The first kappa shape index (κ1) is 22.0. The van der Waals surface area contributed by atoms with Crippen LogP contribution in [0.1, 0.15) is 24.3 Å². The minimum atomic E-state index is -0.687. The van der Waals surface area contributed by atoms with Crippen molar-refractivity contribution in [3.8, 4) is 0 Å². The van der Waals surface area contributed by atoms with Crippen LogP contribution in [-0.4, -0.2) is 34.5 Å². The highest BCUT2D eigenvalue weighted by molar-refractivity contribution is 5.97. The molecule has 7 nitrogen and oxygen atoms in total. The van der Waals surface area contributed by atoms with Crippen molar-refractivity contribution in [3.63, 3.8) is 0 Å². The number of amides is 1. The Balaban J connectivity index is 1.41. The number of hydrogen-bond acceptors (Lipinski definition) is 6. The summed E-state index contributed by atoms with van der Waals surface area (Å²) in [6.45, 7) is 3.42. The van der Waals surface area contributed by atoms with Crippen molar-refractivity contribution < 1.29 is 14.3 Å². The van der Waals surface area contributed by atoms with E-state index in [9.17, 15) is 9.59 Å². The zero-order valence-electron chi connectivity index (χ0n) is 18.4. The molecule has 7 heteroatoms. The van der Waals surface area contributed by atoms with Crippen molar-refractivity contribution in [2.45, 2.75) is 19.9 Å². The number of aromatic nitrogens is 2. The molecule has 0 spiro atoms. The van der Waals surface area contributed by atoms with E-state index >= 15 is 0 Å². The van der Waals surface area contributed by atoms with E-state index in [1.807, 2.05) is 86.6 Å². The van der Waals surface area contributed by atoms with Crippen LogP contribution in [0, 0.1) is 0 Å². The minimum Gasteiger partial charge on any atom is -0.451 e. The molecule has 0 unspecified atom stereocenters. The van der Waals surface area contributed by atoms with Gasteiger partial charge in [-0.15, -0.1) is 0 Å². The summed E-state index contributed by atoms with van der Waals surface area (Å²) >= 11 is 0. The van der Waals surface area contributed by atoms with Gasteiger partial charge in [-0.2, -0.15) is 0 Å². The quantitative estimate of drug-likeness (QED) is 0.409. The van der Waals surface area contributed by atoms with E-state index in [4.69, 9.17) is 4.74 Å². The van der Waals surface area contributed by atoms with E-state index < -0.39 is 12.6 Å². The number of benzene rings is 3. The summed E-state index contributed by atoms with van der Waals surface area (Å²) in [7, 11) is 0. The molecular formula is C26H24N4O3. The van der Waals surface area contributed by atoms with Crippen LogP contribution in [-0.2, 0) is 9.53 Å². The number of hydrogen-bond donors (Lipinski definition) is 1. The highest BCUT2D eigenvalue weighted by atomic mass is 16.5. The van der Waals surface area contributed by atoms with Gasteiger partial charge in [0.15, 0.2) is 12.3 Å². The van der Waals surface area contributed by atoms with Crippen molar-refractivity contribution >= 4 is 40.0 Å². The first-order valence-corrected chi connectivity index (χ1v) is 10.6. The smallest absolute Gasteiger partial charge is 0.359 e. The van der Waals surface area contributed by atoms with Crippen LogP contribution >= 0.6 is 0 Å². The van der Waals surface area contributed by atoms with Gasteiger partial charge in [0.05, 0.1) is 17.2 Å². The van der Waals surface area contributed by atoms with E-state index in [0.717, 1.165) is 17.1 Å². The molecule has 0 atom stereocenters. The zero-order chi connectivity index (χ0) is 23.2. The summed E-state index contributed by atoms with van der Waals surface area (Å²) in [5.74, 6) is -1.01. The largest absolute Gasteiger partial charge is 0.451 e. The summed E-state index contributed by atoms with van der Waals surface area (Å²) in [6.07, 6.45) is 1.35. The molecule has 4 rings (SSSR count). The third-order valence-electron chi connectivity index (χ3n) is 4.98. The Morgan fingerprint density at radius 3 is 2.21 bits per heavy atom. The predicted octanol–water partition coefficient (Wildman–Crippen LogP) is 4.97. The number of para-hydroxylation sites is 3. The molecule has 0 radical (unpaired) electrons. The Hall–Kier alpha value is -4.26. The average Bonchev–Trinajstić information content (AvgIpc) is 2.84. The van der Waals surface area contributed by atoms with Crippen LogP contribution in [0.15, 0.2) is 85.1 Å². The second-order valence-corrected chi connectivity index (χ2v) is 7.72. The second-order valence-electron chi connectivity index (χ2n) is 7.72. The highest BCUT2D eigenvalue weighted by Crippen LogP contribution is 2.23. The molecular weight excluding hydrogens is 416 g/mol. The summed E-state index contributed by atoms with van der Waals surface area (Å²) in [5.41, 5.74) is 3.94. The summed E-state index contributed by atoms with van der Waals surface area (Å²) in [5, 5.41) is 3.31. The molecule has 1 N–H and O–H groups in total. The molecule has 0 bridgehead atoms. The second kappa shape index (κ2) is 9.91. The number of esters is 1. The molecule has 0 aliphatic rings. The monoisotopic (exact) mass is 440 g/mol. The Morgan fingerprint density at radius 1 is 0.879 bits per heavy atom. The molecule has 166 valence electrons. The van der Waals surface area contributed by atoms with Crippen LogP contribution in [0.25, 0.3) is 11.0 Å². The van der Waals surface area contributed by atoms with Gasteiger partial charge < -0.3 is 15.0 Å². The van der Waals surface area contributed by atoms with E-state index in [-0.39, 0.29) is 17.6 Å². The first-order chi connectivity index (χ1) is 16.0. The van der Waals surface area contributed by atoms with Crippen molar-refractivity contribution in [2.75, 3.05) is 16.8 Å². The van der Waals surface area contributed by atoms with Crippen molar-refractivity contribution in [3.05, 3.63) is 90.8 Å². The Bertz CT molecular complexity index is 1260. The van der Waals surface area contributed by atoms with Gasteiger partial charge in [0, 0.05) is 23.1 Å². The lowest BCUT2D eigenvalue weighted by atomic mass is 10.2. The van der Waals surface area contributed by atoms with Crippen LogP contribution in [0.5, 0.6) is 0 Å². The van der Waals surface area contributed by atoms with Gasteiger partial charge in [0.1, 0.15) is 0 Å². The van der Waals surface area contributed by atoms with Crippen molar-refractivity contribution in [2.24, 2.45) is 0 Å². The lowest BCUT2D eigenvalue weighted by Gasteiger charge is -2.27. The lowest BCUT2D eigenvalue weighted by molar-refractivity contribution is -0.122. The fraction of sp³-hybridized carbons (Fsp3) is 0.154. The standard InChI is InChI=1S/C26H24N4O3/c1-18(2)30(21-14-12-20(13-15-21)28-19-8-4-3-5-9-19)25(31)17-33-26(32)24-16-27-22-10-6-7-11-23(22)29-24/h3-16,18,28H,17H2,1-2H3. The molecule has 0 aliphatic carbocycles. The SMILES string of the molecule is CC(C)N(C(=O)COC(=O)c1cnc2ccccc2n1)c1ccc(Nc2ccccc2)cc1. The number of fused-ring (bicyclic) bond motifs is 1. The van der Waals surface area contributed by atoms with E-state index in [1.165, 1.54) is 6.20 Å². The number of anilines is 3. The lowest BCUT2D eigenvalue weighted by Crippen LogP contribution is -2.40. The van der Waals surface area contributed by atoms with Gasteiger partial charge in [-0.25, -0.2) is 9.78 Å². The minimum absolute atomic E-state index is 0.0638. The molecule has 3 aromatic carbocycles. The topological polar surface area (TPSA) is 84.4 Å². The van der Waals surface area contributed by atoms with Gasteiger partial charge in [0.25, 0.3) is 5.91 Å². The third-order valence-corrected chi connectivity index (χ3v) is 4.98. The normalized spacial score (nSPS) is 10.8. The Kier molecular flexibility index (Phi) is 6.59. The molecule has 0 saturated carbocycles. The summed E-state index contributed by atoms with van der Waals surface area (Å²) in [6, 6.07) is 24.5.